The number of amides is 1. The highest BCUT2D eigenvalue weighted by molar-refractivity contribution is 5.98. The van der Waals surface area contributed by atoms with Crippen molar-refractivity contribution in [2.24, 2.45) is 13.0 Å². The summed E-state index contributed by atoms with van der Waals surface area (Å²) in [4.78, 5) is 25.6. The zero-order valence-electron chi connectivity index (χ0n) is 21.8. The van der Waals surface area contributed by atoms with Crippen LogP contribution in [0.1, 0.15) is 44.2 Å². The van der Waals surface area contributed by atoms with Crippen molar-refractivity contribution in [2.45, 2.75) is 44.5 Å². The molecule has 0 bridgehead atoms. The molecule has 1 aromatic carbocycles. The van der Waals surface area contributed by atoms with Gasteiger partial charge < -0.3 is 20.1 Å². The normalized spacial score (nSPS) is 20.6. The number of benzene rings is 1. The number of nitrogens with one attached hydrogen (secondary N) is 2. The molecule has 2 aliphatic rings. The lowest BCUT2D eigenvalue weighted by Crippen LogP contribution is -2.21. The molecule has 1 amide bonds. The molecule has 1 unspecified atom stereocenters. The minimum Gasteiger partial charge on any atom is -0.494 e. The largest absolute Gasteiger partial charge is 0.494 e. The van der Waals surface area contributed by atoms with Crippen molar-refractivity contribution in [3.63, 3.8) is 0 Å². The van der Waals surface area contributed by atoms with Gasteiger partial charge in [0, 0.05) is 19.7 Å². The molecule has 0 radical (unpaired) electrons. The molecule has 6 rings (SSSR count). The molecule has 210 valence electrons. The van der Waals surface area contributed by atoms with Crippen LogP contribution in [0, 0.1) is 5.92 Å². The molecule has 3 atom stereocenters. The number of imidazole rings is 1. The van der Waals surface area contributed by atoms with E-state index in [0.29, 0.717) is 35.9 Å². The summed E-state index contributed by atoms with van der Waals surface area (Å²) in [6.07, 6.45) is -0.997. The van der Waals surface area contributed by atoms with Crippen molar-refractivity contribution in [1.29, 1.82) is 0 Å². The lowest BCUT2D eigenvalue weighted by molar-refractivity contribution is -0.117. The topological polar surface area (TPSA) is 121 Å². The monoisotopic (exact) mass is 556 g/mol. The van der Waals surface area contributed by atoms with Crippen molar-refractivity contribution in [2.75, 3.05) is 24.4 Å². The van der Waals surface area contributed by atoms with Gasteiger partial charge in [0.15, 0.2) is 23.0 Å². The number of aromatic nitrogens is 6. The maximum Gasteiger partial charge on any atom is 0.295 e. The molecule has 2 N–H and O–H groups in total. The summed E-state index contributed by atoms with van der Waals surface area (Å²) in [7, 11) is 3.24. The van der Waals surface area contributed by atoms with Gasteiger partial charge in [0.25, 0.3) is 6.43 Å². The van der Waals surface area contributed by atoms with Gasteiger partial charge in [-0.3, -0.25) is 14.0 Å². The summed E-state index contributed by atoms with van der Waals surface area (Å²) < 4.78 is 56.5. The van der Waals surface area contributed by atoms with Crippen LogP contribution in [-0.2, 0) is 16.6 Å². The molecular weight excluding hydrogens is 529 g/mol. The van der Waals surface area contributed by atoms with Gasteiger partial charge in [-0.05, 0) is 37.8 Å². The number of rotatable bonds is 8. The molecule has 4 heterocycles. The molecular formula is C26H27F3N8O3. The number of carbonyl (C=O) groups excluding carboxylic acids is 1. The van der Waals surface area contributed by atoms with Gasteiger partial charge in [0.1, 0.15) is 30.1 Å². The predicted molar refractivity (Wildman–Crippen MR) is 139 cm³/mol. The number of aryl methyl sites for hydroxylation is 1. The summed E-state index contributed by atoms with van der Waals surface area (Å²) in [6.45, 7) is 0.416. The molecule has 40 heavy (non-hydrogen) atoms. The number of fused-ring (bicyclic) bond motifs is 1. The second-order valence-electron chi connectivity index (χ2n) is 9.79. The number of hydrogen-bond acceptors (Lipinski definition) is 8. The smallest absolute Gasteiger partial charge is 0.295 e. The highest BCUT2D eigenvalue weighted by Gasteiger charge is 2.44. The number of anilines is 3. The van der Waals surface area contributed by atoms with Gasteiger partial charge in [-0.2, -0.15) is 5.10 Å². The minimum absolute atomic E-state index is 0.0680. The Balaban J connectivity index is 1.48. The van der Waals surface area contributed by atoms with Crippen LogP contribution in [-0.4, -0.2) is 55.1 Å². The van der Waals surface area contributed by atoms with Gasteiger partial charge >= 0.3 is 0 Å². The first-order valence-corrected chi connectivity index (χ1v) is 12.9. The Kier molecular flexibility index (Phi) is 6.78. The molecule has 1 saturated carbocycles. The first kappa shape index (κ1) is 26.0. The SMILES string of the molecule is COc1c(Nc2cc(NC(=O)[C@@H]3C[C@@H]3F)nc3c2nc(C(F)F)n3C2CCCCO2)cccc1-c1ncn(C)n1. The van der Waals surface area contributed by atoms with Crippen LogP contribution in [0.2, 0.25) is 0 Å². The third-order valence-corrected chi connectivity index (χ3v) is 6.94. The number of halogens is 3. The molecule has 1 aliphatic heterocycles. The molecule has 2 fully saturated rings. The van der Waals surface area contributed by atoms with Crippen molar-refractivity contribution in [1.82, 2.24) is 29.3 Å². The van der Waals surface area contributed by atoms with Crippen molar-refractivity contribution >= 4 is 34.3 Å². The molecule has 1 saturated heterocycles. The van der Waals surface area contributed by atoms with E-state index in [0.717, 1.165) is 12.8 Å². The van der Waals surface area contributed by atoms with Gasteiger partial charge in [-0.15, -0.1) is 0 Å². The summed E-state index contributed by atoms with van der Waals surface area (Å²) >= 11 is 0. The van der Waals surface area contributed by atoms with E-state index in [4.69, 9.17) is 9.47 Å². The summed E-state index contributed by atoms with van der Waals surface area (Å²) in [5.74, 6) is -0.880. The van der Waals surface area contributed by atoms with E-state index in [1.54, 1.807) is 36.3 Å². The van der Waals surface area contributed by atoms with Crippen LogP contribution in [0.25, 0.3) is 22.6 Å². The van der Waals surface area contributed by atoms with E-state index in [1.807, 2.05) is 0 Å². The highest BCUT2D eigenvalue weighted by atomic mass is 19.3. The number of ether oxygens (including phenoxy) is 2. The van der Waals surface area contributed by atoms with Crippen LogP contribution >= 0.6 is 0 Å². The van der Waals surface area contributed by atoms with E-state index in [1.165, 1.54) is 17.7 Å². The maximum absolute atomic E-state index is 14.3. The van der Waals surface area contributed by atoms with E-state index in [2.05, 4.69) is 30.7 Å². The standard InChI is InChI=1S/C26H27F3N8O3/c1-36-12-30-23(35-36)13-6-5-7-16(21(13)39-2)31-17-11-18(33-26(38)14-10-15(14)27)32-24-20(17)34-25(22(28)29)37(24)19-8-3-4-9-40-19/h5-7,11-12,14-15,19,22H,3-4,8-10H2,1-2H3,(H2,31,32,33,38)/t14-,15+,19?/m1/s1. The first-order chi connectivity index (χ1) is 19.3. The van der Waals surface area contributed by atoms with Crippen molar-refractivity contribution in [3.8, 4) is 17.1 Å². The second kappa shape index (κ2) is 10.4. The Morgan fingerprint density at radius 2 is 2.05 bits per heavy atom. The lowest BCUT2D eigenvalue weighted by atomic mass is 10.1. The van der Waals surface area contributed by atoms with Crippen LogP contribution in [0.5, 0.6) is 5.75 Å². The van der Waals surface area contributed by atoms with Gasteiger partial charge in [-0.25, -0.2) is 28.1 Å². The number of methoxy groups -OCH3 is 1. The predicted octanol–water partition coefficient (Wildman–Crippen LogP) is 4.91. The summed E-state index contributed by atoms with van der Waals surface area (Å²) in [6, 6.07) is 6.78. The zero-order valence-corrected chi connectivity index (χ0v) is 21.8. The Morgan fingerprint density at radius 3 is 2.70 bits per heavy atom. The summed E-state index contributed by atoms with van der Waals surface area (Å²) in [5.41, 5.74) is 1.63. The highest BCUT2D eigenvalue weighted by Crippen LogP contribution is 2.41. The third-order valence-electron chi connectivity index (χ3n) is 6.94. The Bertz CT molecular complexity index is 1570. The van der Waals surface area contributed by atoms with E-state index < -0.39 is 36.5 Å². The number of nitrogens with zero attached hydrogens (tertiary/aromatic N) is 6. The van der Waals surface area contributed by atoms with Crippen LogP contribution in [0.3, 0.4) is 0 Å². The molecule has 4 aromatic rings. The van der Waals surface area contributed by atoms with Crippen LogP contribution in [0.15, 0.2) is 30.6 Å². The van der Waals surface area contributed by atoms with E-state index >= 15 is 0 Å². The number of hydrogen-bond donors (Lipinski definition) is 2. The third kappa shape index (κ3) is 4.83. The molecule has 11 nitrogen and oxygen atoms in total. The number of carbonyl (C=O) groups is 1. The molecule has 3 aromatic heterocycles. The fraction of sp³-hybridized carbons (Fsp3) is 0.423. The first-order valence-electron chi connectivity index (χ1n) is 12.9. The lowest BCUT2D eigenvalue weighted by Gasteiger charge is -2.25. The van der Waals surface area contributed by atoms with Crippen LogP contribution < -0.4 is 15.4 Å². The quantitative estimate of drug-likeness (QED) is 0.314. The Hall–Kier alpha value is -4.20. The van der Waals surface area contributed by atoms with Gasteiger partial charge in [0.2, 0.25) is 5.91 Å². The zero-order chi connectivity index (χ0) is 28.0. The van der Waals surface area contributed by atoms with E-state index in [-0.39, 0.29) is 29.1 Å². The fourth-order valence-electron chi connectivity index (χ4n) is 4.90. The van der Waals surface area contributed by atoms with Gasteiger partial charge in [0.05, 0.1) is 30.0 Å². The minimum atomic E-state index is -2.91. The van der Waals surface area contributed by atoms with E-state index in [9.17, 15) is 18.0 Å². The Labute approximate surface area is 226 Å². The maximum atomic E-state index is 14.3. The molecule has 0 spiro atoms. The number of alkyl halides is 3. The fourth-order valence-corrected chi connectivity index (χ4v) is 4.90. The Morgan fingerprint density at radius 1 is 1.23 bits per heavy atom. The summed E-state index contributed by atoms with van der Waals surface area (Å²) in [5, 5.41) is 10.2. The van der Waals surface area contributed by atoms with Crippen molar-refractivity contribution in [3.05, 3.63) is 36.4 Å². The number of para-hydroxylation sites is 1. The van der Waals surface area contributed by atoms with Crippen molar-refractivity contribution < 1.29 is 27.4 Å². The molecule has 14 heteroatoms. The van der Waals surface area contributed by atoms with Gasteiger partial charge in [-0.1, -0.05) is 6.07 Å². The average molecular weight is 557 g/mol. The molecule has 1 aliphatic carbocycles. The second-order valence-corrected chi connectivity index (χ2v) is 9.79. The number of pyridine rings is 1. The van der Waals surface area contributed by atoms with Crippen LogP contribution in [0.4, 0.5) is 30.4 Å². The average Bonchev–Trinajstić information content (AvgIpc) is 3.33.